The molecule has 2 amide bonds. The van der Waals surface area contributed by atoms with Crippen LogP contribution in [0.5, 0.6) is 0 Å². The standard InChI is InChI=1S/C26H29F3N2O3/c1-26(2,3)34-25(33)30-22-14-31(12-11-19(22)27)24(32)18-13-17(18)15-7-4-5-8-16(15)23-20(28)9-6-10-21(23)29/h4-10,17-19,22H,11-14H2,1-3H3,(H,30,33)/t17-,18+,19+,22-/m1/s1. The Morgan fingerprint density at radius 2 is 1.74 bits per heavy atom. The Morgan fingerprint density at radius 3 is 2.41 bits per heavy atom. The number of carbonyl (C=O) groups is 2. The predicted molar refractivity (Wildman–Crippen MR) is 122 cm³/mol. The van der Waals surface area contributed by atoms with Crippen LogP contribution in [0.1, 0.15) is 45.1 Å². The first-order chi connectivity index (χ1) is 16.0. The number of nitrogens with one attached hydrogen (secondary N) is 1. The summed E-state index contributed by atoms with van der Waals surface area (Å²) in [5.74, 6) is -1.98. The van der Waals surface area contributed by atoms with Gasteiger partial charge >= 0.3 is 6.09 Å². The van der Waals surface area contributed by atoms with Crippen LogP contribution in [-0.2, 0) is 9.53 Å². The molecule has 1 N–H and O–H groups in total. The number of rotatable bonds is 4. The average molecular weight is 475 g/mol. The van der Waals surface area contributed by atoms with E-state index >= 15 is 0 Å². The van der Waals surface area contributed by atoms with E-state index in [0.29, 0.717) is 17.5 Å². The summed E-state index contributed by atoms with van der Waals surface area (Å²) in [4.78, 5) is 26.9. The third kappa shape index (κ3) is 5.21. The van der Waals surface area contributed by atoms with E-state index in [0.717, 1.165) is 0 Å². The molecule has 1 saturated heterocycles. The highest BCUT2D eigenvalue weighted by Crippen LogP contribution is 2.51. The van der Waals surface area contributed by atoms with Crippen LogP contribution in [0.25, 0.3) is 11.1 Å². The number of ether oxygens (including phenoxy) is 1. The second-order valence-corrected chi connectivity index (χ2v) is 9.97. The van der Waals surface area contributed by atoms with E-state index in [2.05, 4.69) is 5.32 Å². The number of alkyl carbamates (subject to hydrolysis) is 1. The van der Waals surface area contributed by atoms with E-state index in [4.69, 9.17) is 4.74 Å². The molecule has 0 unspecified atom stereocenters. The Bertz CT molecular complexity index is 1060. The largest absolute Gasteiger partial charge is 0.444 e. The zero-order valence-electron chi connectivity index (χ0n) is 19.5. The van der Waals surface area contributed by atoms with Crippen LogP contribution in [0.2, 0.25) is 0 Å². The van der Waals surface area contributed by atoms with Gasteiger partial charge in [0.15, 0.2) is 0 Å². The minimum absolute atomic E-state index is 0.0477. The van der Waals surface area contributed by atoms with Gasteiger partial charge in [-0.1, -0.05) is 30.3 Å². The molecule has 2 aliphatic rings. The monoisotopic (exact) mass is 474 g/mol. The molecule has 2 aromatic rings. The van der Waals surface area contributed by atoms with E-state index in [9.17, 15) is 22.8 Å². The van der Waals surface area contributed by atoms with Crippen molar-refractivity contribution < 1.29 is 27.5 Å². The molecule has 4 atom stereocenters. The predicted octanol–water partition coefficient (Wildman–Crippen LogP) is 5.20. The van der Waals surface area contributed by atoms with Crippen LogP contribution in [0, 0.1) is 17.6 Å². The third-order valence-corrected chi connectivity index (χ3v) is 6.24. The lowest BCUT2D eigenvalue weighted by Gasteiger charge is -2.36. The number of piperidine rings is 1. The zero-order chi connectivity index (χ0) is 24.6. The minimum atomic E-state index is -1.28. The molecule has 2 fully saturated rings. The van der Waals surface area contributed by atoms with Crippen molar-refractivity contribution in [2.24, 2.45) is 5.92 Å². The average Bonchev–Trinajstić information content (AvgIpc) is 3.54. The lowest BCUT2D eigenvalue weighted by atomic mass is 9.95. The number of halogens is 3. The number of hydrogen-bond acceptors (Lipinski definition) is 3. The summed E-state index contributed by atoms with van der Waals surface area (Å²) in [7, 11) is 0. The van der Waals surface area contributed by atoms with Crippen molar-refractivity contribution in [3.63, 3.8) is 0 Å². The summed E-state index contributed by atoms with van der Waals surface area (Å²) < 4.78 is 48.6. The van der Waals surface area contributed by atoms with E-state index in [-0.39, 0.29) is 42.8 Å². The number of nitrogens with zero attached hydrogens (tertiary/aromatic N) is 1. The van der Waals surface area contributed by atoms with Crippen LogP contribution >= 0.6 is 0 Å². The zero-order valence-corrected chi connectivity index (χ0v) is 19.5. The number of benzene rings is 2. The van der Waals surface area contributed by atoms with Gasteiger partial charge in [0.1, 0.15) is 23.4 Å². The Morgan fingerprint density at radius 1 is 1.06 bits per heavy atom. The molecule has 1 heterocycles. The van der Waals surface area contributed by atoms with Gasteiger partial charge in [-0.15, -0.1) is 0 Å². The summed E-state index contributed by atoms with van der Waals surface area (Å²) in [6.45, 7) is 5.45. The summed E-state index contributed by atoms with van der Waals surface area (Å²) in [6.07, 6.45) is -1.34. The van der Waals surface area contributed by atoms with Crippen molar-refractivity contribution in [1.29, 1.82) is 0 Å². The molecule has 1 aliphatic carbocycles. The molecule has 5 nitrogen and oxygen atoms in total. The Hall–Kier alpha value is -3.03. The molecule has 4 rings (SSSR count). The molecular formula is C26H29F3N2O3. The smallest absolute Gasteiger partial charge is 0.408 e. The van der Waals surface area contributed by atoms with Crippen LogP contribution < -0.4 is 5.32 Å². The highest BCUT2D eigenvalue weighted by Gasteiger charge is 2.48. The lowest BCUT2D eigenvalue weighted by Crippen LogP contribution is -2.56. The first kappa shape index (κ1) is 24.1. The fourth-order valence-corrected chi connectivity index (χ4v) is 4.57. The molecule has 34 heavy (non-hydrogen) atoms. The lowest BCUT2D eigenvalue weighted by molar-refractivity contribution is -0.134. The molecule has 182 valence electrons. The number of likely N-dealkylation sites (tertiary alicyclic amines) is 1. The fourth-order valence-electron chi connectivity index (χ4n) is 4.57. The summed E-state index contributed by atoms with van der Waals surface area (Å²) in [6, 6.07) is 9.83. The van der Waals surface area contributed by atoms with Gasteiger partial charge in [-0.3, -0.25) is 4.79 Å². The van der Waals surface area contributed by atoms with Crippen molar-refractivity contribution in [3.05, 3.63) is 59.7 Å². The summed E-state index contributed by atoms with van der Waals surface area (Å²) in [5.41, 5.74) is 0.335. The van der Waals surface area contributed by atoms with Crippen LogP contribution in [-0.4, -0.2) is 47.8 Å². The maximum atomic E-state index is 14.5. The fraction of sp³-hybridized carbons (Fsp3) is 0.462. The molecule has 8 heteroatoms. The first-order valence-electron chi connectivity index (χ1n) is 11.5. The summed E-state index contributed by atoms with van der Waals surface area (Å²) in [5, 5.41) is 2.54. The van der Waals surface area contributed by atoms with E-state index in [1.54, 1.807) is 49.9 Å². The Kier molecular flexibility index (Phi) is 6.60. The number of amides is 2. The molecule has 0 aromatic heterocycles. The number of alkyl halides is 1. The molecule has 0 radical (unpaired) electrons. The maximum Gasteiger partial charge on any atom is 0.408 e. The molecule has 1 saturated carbocycles. The minimum Gasteiger partial charge on any atom is -0.444 e. The van der Waals surface area contributed by atoms with E-state index in [1.807, 2.05) is 0 Å². The molecule has 2 aromatic carbocycles. The van der Waals surface area contributed by atoms with E-state index < -0.39 is 35.5 Å². The van der Waals surface area contributed by atoms with Crippen LogP contribution in [0.3, 0.4) is 0 Å². The maximum absolute atomic E-state index is 14.5. The van der Waals surface area contributed by atoms with Gasteiger partial charge in [0.25, 0.3) is 0 Å². The molecule has 0 spiro atoms. The number of carbonyl (C=O) groups excluding carboxylic acids is 2. The van der Waals surface area contributed by atoms with Gasteiger partial charge in [-0.25, -0.2) is 18.0 Å². The second-order valence-electron chi connectivity index (χ2n) is 9.97. The molecular weight excluding hydrogens is 445 g/mol. The van der Waals surface area contributed by atoms with Gasteiger partial charge in [0, 0.05) is 19.0 Å². The Balaban J connectivity index is 1.46. The van der Waals surface area contributed by atoms with Crippen molar-refractivity contribution in [2.75, 3.05) is 13.1 Å². The third-order valence-electron chi connectivity index (χ3n) is 6.24. The van der Waals surface area contributed by atoms with Crippen LogP contribution in [0.4, 0.5) is 18.0 Å². The first-order valence-corrected chi connectivity index (χ1v) is 11.5. The molecule has 1 aliphatic heterocycles. The molecule has 0 bridgehead atoms. The van der Waals surface area contributed by atoms with Gasteiger partial charge in [-0.2, -0.15) is 0 Å². The SMILES string of the molecule is CC(C)(C)OC(=O)N[C@@H]1CN(C(=O)[C@H]2C[C@@H]2c2ccccc2-c2c(F)cccc2F)CC[C@@H]1F. The van der Waals surface area contributed by atoms with Gasteiger partial charge in [0.2, 0.25) is 5.91 Å². The van der Waals surface area contributed by atoms with Crippen molar-refractivity contribution in [3.8, 4) is 11.1 Å². The van der Waals surface area contributed by atoms with E-state index in [1.165, 1.54) is 18.2 Å². The van der Waals surface area contributed by atoms with Crippen LogP contribution in [0.15, 0.2) is 42.5 Å². The second kappa shape index (κ2) is 9.31. The normalized spacial score (nSPS) is 24.5. The highest BCUT2D eigenvalue weighted by atomic mass is 19.1. The van der Waals surface area contributed by atoms with Crippen molar-refractivity contribution >= 4 is 12.0 Å². The Labute approximate surface area is 197 Å². The van der Waals surface area contributed by atoms with Crippen molar-refractivity contribution in [1.82, 2.24) is 10.2 Å². The summed E-state index contributed by atoms with van der Waals surface area (Å²) >= 11 is 0. The quantitative estimate of drug-likeness (QED) is 0.663. The highest BCUT2D eigenvalue weighted by molar-refractivity contribution is 5.84. The van der Waals surface area contributed by atoms with Crippen molar-refractivity contribution in [2.45, 2.75) is 57.3 Å². The number of hydrogen-bond donors (Lipinski definition) is 1. The van der Waals surface area contributed by atoms with Gasteiger partial charge in [0.05, 0.1) is 11.6 Å². The van der Waals surface area contributed by atoms with Gasteiger partial charge < -0.3 is 15.0 Å². The van der Waals surface area contributed by atoms with Gasteiger partial charge in [-0.05, 0) is 62.8 Å². The topological polar surface area (TPSA) is 58.6 Å².